The van der Waals surface area contributed by atoms with E-state index in [1.807, 2.05) is 0 Å². The number of nitrogens with zero attached hydrogens (tertiary/aromatic N) is 2. The van der Waals surface area contributed by atoms with Gasteiger partial charge in [-0.15, -0.1) is 0 Å². The van der Waals surface area contributed by atoms with Gasteiger partial charge >= 0.3 is 0 Å². The van der Waals surface area contributed by atoms with Crippen molar-refractivity contribution in [1.82, 2.24) is 15.5 Å². The van der Waals surface area contributed by atoms with Gasteiger partial charge in [0.05, 0.1) is 0 Å². The topological polar surface area (TPSA) is 133 Å². The minimum absolute atomic E-state index is 0.0275. The molecule has 8 heteroatoms. The number of hydrogen-bond acceptors (Lipinski definition) is 5. The molecule has 1 heterocycles. The van der Waals surface area contributed by atoms with Gasteiger partial charge in [0.15, 0.2) is 0 Å². The molecule has 1 amide bonds. The zero-order chi connectivity index (χ0) is 12.8. The lowest BCUT2D eigenvalue weighted by Gasteiger charge is -2.10. The number of aromatic nitrogens is 2. The van der Waals surface area contributed by atoms with Gasteiger partial charge in [0, 0.05) is 18.5 Å². The zero-order valence-electron chi connectivity index (χ0n) is 9.17. The third-order valence-corrected chi connectivity index (χ3v) is 2.10. The van der Waals surface area contributed by atoms with Crippen LogP contribution in [0.5, 0.6) is 0 Å². The van der Waals surface area contributed by atoms with Crippen LogP contribution in [0.4, 0.5) is 0 Å². The highest BCUT2D eigenvalue weighted by molar-refractivity contribution is 5.92. The lowest BCUT2D eigenvalue weighted by Crippen LogP contribution is -2.35. The molecule has 0 spiro atoms. The van der Waals surface area contributed by atoms with Gasteiger partial charge < -0.3 is 16.3 Å². The van der Waals surface area contributed by atoms with Gasteiger partial charge in [-0.05, 0) is 6.07 Å². The second kappa shape index (κ2) is 5.64. The van der Waals surface area contributed by atoms with Crippen molar-refractivity contribution in [2.45, 2.75) is 6.92 Å². The Morgan fingerprint density at radius 2 is 2.41 bits per heavy atom. The van der Waals surface area contributed by atoms with Crippen LogP contribution in [-0.4, -0.2) is 33.7 Å². The van der Waals surface area contributed by atoms with Gasteiger partial charge in [-0.25, -0.2) is 5.10 Å². The molecule has 8 nitrogen and oxygen atoms in total. The van der Waals surface area contributed by atoms with Crippen molar-refractivity contribution in [2.75, 3.05) is 6.54 Å². The van der Waals surface area contributed by atoms with E-state index in [1.54, 1.807) is 6.92 Å². The Morgan fingerprint density at radius 3 is 2.94 bits per heavy atom. The first-order chi connectivity index (χ1) is 8.04. The summed E-state index contributed by atoms with van der Waals surface area (Å²) in [6.45, 7) is 1.89. The van der Waals surface area contributed by atoms with Crippen molar-refractivity contribution in [3.63, 3.8) is 0 Å². The Morgan fingerprint density at radius 1 is 1.71 bits per heavy atom. The molecule has 0 radical (unpaired) electrons. The summed E-state index contributed by atoms with van der Waals surface area (Å²) in [6, 6.07) is 2.51. The smallest absolute Gasteiger partial charge is 0.271 e. The predicted octanol–water partition coefficient (Wildman–Crippen LogP) is -1.12. The lowest BCUT2D eigenvalue weighted by molar-refractivity contribution is 0.0945. The molecular weight excluding hydrogens is 226 g/mol. The summed E-state index contributed by atoms with van der Waals surface area (Å²) in [5.41, 5.74) is 5.06. The summed E-state index contributed by atoms with van der Waals surface area (Å²) in [5.74, 6) is -0.717. The number of nitrogens with two attached hydrogens (primary N) is 1. The average Bonchev–Trinajstić information content (AvgIpc) is 2.35. The average molecular weight is 239 g/mol. The molecule has 17 heavy (non-hydrogen) atoms. The number of hydrogen-bond donors (Lipinski definition) is 4. The molecule has 1 unspecified atom stereocenters. The number of amidine groups is 1. The SMILES string of the molecule is CC(CNC(=O)c1ccc(=O)[nH]n1)/C(N)=N/O. The summed E-state index contributed by atoms with van der Waals surface area (Å²) in [6.07, 6.45) is 0. The molecule has 1 rings (SSSR count). The van der Waals surface area contributed by atoms with Crippen LogP contribution >= 0.6 is 0 Å². The molecule has 0 saturated heterocycles. The van der Waals surface area contributed by atoms with Gasteiger partial charge in [0.2, 0.25) is 0 Å². The maximum atomic E-state index is 11.5. The van der Waals surface area contributed by atoms with E-state index in [-0.39, 0.29) is 29.6 Å². The Balaban J connectivity index is 2.56. The van der Waals surface area contributed by atoms with Crippen LogP contribution in [-0.2, 0) is 0 Å². The molecule has 1 aromatic heterocycles. The Bertz CT molecular complexity index is 461. The molecule has 0 bridgehead atoms. The van der Waals surface area contributed by atoms with Gasteiger partial charge in [-0.2, -0.15) is 5.10 Å². The Kier molecular flexibility index (Phi) is 4.21. The highest BCUT2D eigenvalue weighted by Gasteiger charge is 2.11. The molecule has 0 aliphatic rings. The Labute approximate surface area is 96.5 Å². The lowest BCUT2D eigenvalue weighted by atomic mass is 10.1. The minimum atomic E-state index is -0.446. The molecule has 0 aliphatic carbocycles. The molecular formula is C9H13N5O3. The van der Waals surface area contributed by atoms with Gasteiger partial charge in [-0.1, -0.05) is 12.1 Å². The van der Waals surface area contributed by atoms with Crippen molar-refractivity contribution in [2.24, 2.45) is 16.8 Å². The van der Waals surface area contributed by atoms with Crippen molar-refractivity contribution in [3.05, 3.63) is 28.2 Å². The molecule has 0 aliphatic heterocycles. The Hall–Kier alpha value is -2.38. The number of H-pyrrole nitrogens is 1. The molecule has 5 N–H and O–H groups in total. The third-order valence-electron chi connectivity index (χ3n) is 2.10. The van der Waals surface area contributed by atoms with Crippen LogP contribution in [0.1, 0.15) is 17.4 Å². The number of carbonyl (C=O) groups excluding carboxylic acids is 1. The second-order valence-corrected chi connectivity index (χ2v) is 3.44. The monoisotopic (exact) mass is 239 g/mol. The van der Waals surface area contributed by atoms with Crippen LogP contribution in [0, 0.1) is 5.92 Å². The predicted molar refractivity (Wildman–Crippen MR) is 59.8 cm³/mol. The second-order valence-electron chi connectivity index (χ2n) is 3.44. The summed E-state index contributed by atoms with van der Waals surface area (Å²) in [5, 5.41) is 19.5. The standard InChI is InChI=1S/C9H13N5O3/c1-5(8(10)14-17)4-11-9(16)6-2-3-7(15)13-12-6/h2-3,5,17H,4H2,1H3,(H2,10,14)(H,11,16)(H,13,15). The normalized spacial score (nSPS) is 13.1. The van der Waals surface area contributed by atoms with Gasteiger partial charge in [-0.3, -0.25) is 9.59 Å². The van der Waals surface area contributed by atoms with Gasteiger partial charge in [0.1, 0.15) is 11.5 Å². The number of oxime groups is 1. The van der Waals surface area contributed by atoms with Crippen LogP contribution in [0.3, 0.4) is 0 Å². The van der Waals surface area contributed by atoms with E-state index in [9.17, 15) is 9.59 Å². The van der Waals surface area contributed by atoms with E-state index in [4.69, 9.17) is 10.9 Å². The molecule has 0 saturated carbocycles. The largest absolute Gasteiger partial charge is 0.409 e. The maximum Gasteiger partial charge on any atom is 0.271 e. The maximum absolute atomic E-state index is 11.5. The van der Waals surface area contributed by atoms with Crippen LogP contribution < -0.4 is 16.6 Å². The number of rotatable bonds is 4. The fourth-order valence-corrected chi connectivity index (χ4v) is 1.01. The number of amides is 1. The summed E-state index contributed by atoms with van der Waals surface area (Å²) in [4.78, 5) is 22.3. The molecule has 1 atom stereocenters. The highest BCUT2D eigenvalue weighted by Crippen LogP contribution is 1.94. The summed E-state index contributed by atoms with van der Waals surface area (Å²) in [7, 11) is 0. The van der Waals surface area contributed by atoms with E-state index in [1.165, 1.54) is 12.1 Å². The van der Waals surface area contributed by atoms with E-state index in [2.05, 4.69) is 20.7 Å². The first-order valence-electron chi connectivity index (χ1n) is 4.86. The zero-order valence-corrected chi connectivity index (χ0v) is 9.17. The third kappa shape index (κ3) is 3.59. The highest BCUT2D eigenvalue weighted by atomic mass is 16.4. The summed E-state index contributed by atoms with van der Waals surface area (Å²) < 4.78 is 0. The van der Waals surface area contributed by atoms with E-state index >= 15 is 0 Å². The first-order valence-corrected chi connectivity index (χ1v) is 4.86. The number of aromatic amines is 1. The van der Waals surface area contributed by atoms with Crippen LogP contribution in [0.25, 0.3) is 0 Å². The molecule has 1 aromatic rings. The van der Waals surface area contributed by atoms with Crippen molar-refractivity contribution < 1.29 is 10.0 Å². The van der Waals surface area contributed by atoms with Crippen molar-refractivity contribution in [3.8, 4) is 0 Å². The van der Waals surface area contributed by atoms with E-state index in [0.717, 1.165) is 0 Å². The fraction of sp³-hybridized carbons (Fsp3) is 0.333. The van der Waals surface area contributed by atoms with Gasteiger partial charge in [0.25, 0.3) is 11.5 Å². The first kappa shape index (κ1) is 12.7. The summed E-state index contributed by atoms with van der Waals surface area (Å²) >= 11 is 0. The fourth-order valence-electron chi connectivity index (χ4n) is 1.01. The van der Waals surface area contributed by atoms with Crippen LogP contribution in [0.15, 0.2) is 22.1 Å². The van der Waals surface area contributed by atoms with E-state index in [0.29, 0.717) is 0 Å². The van der Waals surface area contributed by atoms with Crippen molar-refractivity contribution in [1.29, 1.82) is 0 Å². The molecule has 92 valence electrons. The number of carbonyl (C=O) groups is 1. The molecule has 0 aromatic carbocycles. The van der Waals surface area contributed by atoms with Crippen LogP contribution in [0.2, 0.25) is 0 Å². The molecule has 0 fully saturated rings. The van der Waals surface area contributed by atoms with Crippen molar-refractivity contribution >= 4 is 11.7 Å². The van der Waals surface area contributed by atoms with E-state index < -0.39 is 5.91 Å². The quantitative estimate of drug-likeness (QED) is 0.228. The number of nitrogens with one attached hydrogen (secondary N) is 2. The minimum Gasteiger partial charge on any atom is -0.409 e.